The summed E-state index contributed by atoms with van der Waals surface area (Å²) in [5.41, 5.74) is 7.99. The first kappa shape index (κ1) is 8.12. The normalized spacial score (nSPS) is 12.9. The maximum Gasteiger partial charge on any atom is 0.0349 e. The summed E-state index contributed by atoms with van der Waals surface area (Å²) in [6, 6.07) is 8.07. The molecule has 1 rings (SSSR count). The molecular weight excluding hydrogens is 134 g/mol. The Kier molecular flexibility index (Phi) is 2.53. The average Bonchev–Trinajstić information content (AvgIpc) is 2.04. The largest absolute Gasteiger partial charge is 0.398 e. The molecule has 0 fully saturated rings. The van der Waals surface area contributed by atoms with E-state index in [0.717, 1.165) is 12.1 Å². The lowest BCUT2D eigenvalue weighted by Gasteiger charge is -2.10. The molecule has 0 saturated carbocycles. The van der Waals surface area contributed by atoms with Crippen LogP contribution in [0.4, 0.5) is 5.69 Å². The second kappa shape index (κ2) is 3.42. The number of anilines is 1. The van der Waals surface area contributed by atoms with Gasteiger partial charge in [0, 0.05) is 5.69 Å². The predicted octanol–water partition coefficient (Wildman–Crippen LogP) is 2.78. The van der Waals surface area contributed by atoms with Crippen LogP contribution in [0.2, 0.25) is 0 Å². The van der Waals surface area contributed by atoms with Gasteiger partial charge in [-0.25, -0.2) is 0 Å². The molecule has 0 unspecified atom stereocenters. The predicted molar refractivity (Wildman–Crippen MR) is 49.6 cm³/mol. The summed E-state index contributed by atoms with van der Waals surface area (Å²) in [5.74, 6) is 0.580. The van der Waals surface area contributed by atoms with E-state index in [1.54, 1.807) is 0 Å². The fourth-order valence-electron chi connectivity index (χ4n) is 1.18. The summed E-state index contributed by atoms with van der Waals surface area (Å²) < 4.78 is 0. The van der Waals surface area contributed by atoms with Crippen LogP contribution in [0.5, 0.6) is 0 Å². The molecule has 1 heteroatoms. The molecule has 1 atom stereocenters. The maximum atomic E-state index is 5.80. The Morgan fingerprint density at radius 2 is 2.00 bits per heavy atom. The molecule has 1 nitrogen and oxygen atoms in total. The average molecular weight is 149 g/mol. The molecule has 0 amide bonds. The van der Waals surface area contributed by atoms with Crippen molar-refractivity contribution < 1.29 is 0 Å². The third-order valence-electron chi connectivity index (χ3n) is 2.14. The Bertz CT molecular complexity index is 230. The highest BCUT2D eigenvalue weighted by Crippen LogP contribution is 2.23. The van der Waals surface area contributed by atoms with Crippen molar-refractivity contribution in [2.45, 2.75) is 26.2 Å². The summed E-state index contributed by atoms with van der Waals surface area (Å²) in [5, 5.41) is 0. The van der Waals surface area contributed by atoms with E-state index in [2.05, 4.69) is 19.9 Å². The Morgan fingerprint density at radius 3 is 2.55 bits per heavy atom. The van der Waals surface area contributed by atoms with Crippen molar-refractivity contribution in [2.24, 2.45) is 0 Å². The van der Waals surface area contributed by atoms with Crippen LogP contribution in [-0.2, 0) is 0 Å². The highest BCUT2D eigenvalue weighted by Gasteiger charge is 2.04. The first-order valence-corrected chi connectivity index (χ1v) is 4.10. The second-order valence-corrected chi connectivity index (χ2v) is 2.94. The zero-order chi connectivity index (χ0) is 8.27. The Labute approximate surface area is 68.2 Å². The van der Waals surface area contributed by atoms with Gasteiger partial charge in [0.15, 0.2) is 0 Å². The third kappa shape index (κ3) is 1.73. The molecule has 0 bridgehead atoms. The van der Waals surface area contributed by atoms with Gasteiger partial charge in [0.05, 0.1) is 0 Å². The van der Waals surface area contributed by atoms with Crippen LogP contribution in [-0.4, -0.2) is 0 Å². The number of benzene rings is 1. The fraction of sp³-hybridized carbons (Fsp3) is 0.400. The summed E-state index contributed by atoms with van der Waals surface area (Å²) in [6.07, 6.45) is 1.15. The molecule has 11 heavy (non-hydrogen) atoms. The third-order valence-corrected chi connectivity index (χ3v) is 2.14. The van der Waals surface area contributed by atoms with Crippen LogP contribution in [0.15, 0.2) is 24.3 Å². The maximum absolute atomic E-state index is 5.80. The van der Waals surface area contributed by atoms with Gasteiger partial charge in [-0.1, -0.05) is 32.0 Å². The van der Waals surface area contributed by atoms with Gasteiger partial charge in [-0.2, -0.15) is 0 Å². The molecule has 2 N–H and O–H groups in total. The van der Waals surface area contributed by atoms with Gasteiger partial charge < -0.3 is 5.73 Å². The molecule has 0 aliphatic carbocycles. The molecule has 0 radical (unpaired) electrons. The van der Waals surface area contributed by atoms with Crippen molar-refractivity contribution in [3.8, 4) is 0 Å². The molecular formula is C10H15N. The van der Waals surface area contributed by atoms with E-state index in [9.17, 15) is 0 Å². The monoisotopic (exact) mass is 149 g/mol. The van der Waals surface area contributed by atoms with Gasteiger partial charge in [0.25, 0.3) is 0 Å². The van der Waals surface area contributed by atoms with Crippen molar-refractivity contribution in [3.63, 3.8) is 0 Å². The first-order valence-electron chi connectivity index (χ1n) is 4.10. The minimum atomic E-state index is 0.580. The molecule has 0 saturated heterocycles. The van der Waals surface area contributed by atoms with E-state index in [0.29, 0.717) is 5.92 Å². The van der Waals surface area contributed by atoms with Crippen LogP contribution in [0.25, 0.3) is 0 Å². The Morgan fingerprint density at radius 1 is 1.36 bits per heavy atom. The minimum absolute atomic E-state index is 0.580. The molecule has 0 aliphatic heterocycles. The highest BCUT2D eigenvalue weighted by molar-refractivity contribution is 5.47. The summed E-state index contributed by atoms with van der Waals surface area (Å²) >= 11 is 0. The van der Waals surface area contributed by atoms with E-state index in [1.807, 2.05) is 18.2 Å². The SMILES string of the molecule is CC[C@H](C)c1ccccc1N. The molecule has 0 heterocycles. The highest BCUT2D eigenvalue weighted by atomic mass is 14.6. The van der Waals surface area contributed by atoms with E-state index < -0.39 is 0 Å². The number of hydrogen-bond acceptors (Lipinski definition) is 1. The van der Waals surface area contributed by atoms with Crippen molar-refractivity contribution in [1.82, 2.24) is 0 Å². The van der Waals surface area contributed by atoms with E-state index in [-0.39, 0.29) is 0 Å². The van der Waals surface area contributed by atoms with Gasteiger partial charge in [-0.15, -0.1) is 0 Å². The summed E-state index contributed by atoms with van der Waals surface area (Å²) in [7, 11) is 0. The topological polar surface area (TPSA) is 26.0 Å². The van der Waals surface area contributed by atoms with Crippen LogP contribution in [0, 0.1) is 0 Å². The number of nitrogen functional groups attached to an aromatic ring is 1. The van der Waals surface area contributed by atoms with Crippen molar-refractivity contribution in [3.05, 3.63) is 29.8 Å². The zero-order valence-electron chi connectivity index (χ0n) is 7.17. The van der Waals surface area contributed by atoms with E-state index in [4.69, 9.17) is 5.73 Å². The van der Waals surface area contributed by atoms with Crippen molar-refractivity contribution >= 4 is 5.69 Å². The number of hydrogen-bond donors (Lipinski definition) is 1. The smallest absolute Gasteiger partial charge is 0.0349 e. The van der Waals surface area contributed by atoms with Crippen LogP contribution >= 0.6 is 0 Å². The number of nitrogens with two attached hydrogens (primary N) is 1. The van der Waals surface area contributed by atoms with Crippen molar-refractivity contribution in [1.29, 1.82) is 0 Å². The van der Waals surface area contributed by atoms with Gasteiger partial charge in [-0.05, 0) is 24.0 Å². The standard InChI is InChI=1S/C10H15N/c1-3-8(2)9-6-4-5-7-10(9)11/h4-8H,3,11H2,1-2H3/t8-/m0/s1. The fourth-order valence-corrected chi connectivity index (χ4v) is 1.18. The molecule has 1 aromatic carbocycles. The van der Waals surface area contributed by atoms with Gasteiger partial charge in [0.2, 0.25) is 0 Å². The van der Waals surface area contributed by atoms with Crippen molar-refractivity contribution in [2.75, 3.05) is 5.73 Å². The zero-order valence-corrected chi connectivity index (χ0v) is 7.17. The van der Waals surface area contributed by atoms with Gasteiger partial charge >= 0.3 is 0 Å². The first-order chi connectivity index (χ1) is 5.25. The van der Waals surface area contributed by atoms with E-state index in [1.165, 1.54) is 5.56 Å². The van der Waals surface area contributed by atoms with E-state index >= 15 is 0 Å². The molecule has 60 valence electrons. The van der Waals surface area contributed by atoms with Gasteiger partial charge in [0.1, 0.15) is 0 Å². The Balaban J connectivity index is 2.93. The van der Waals surface area contributed by atoms with Crippen LogP contribution in [0.3, 0.4) is 0 Å². The quantitative estimate of drug-likeness (QED) is 0.643. The lowest BCUT2D eigenvalue weighted by molar-refractivity contribution is 0.736. The molecule has 1 aromatic rings. The van der Waals surface area contributed by atoms with Crippen LogP contribution in [0.1, 0.15) is 31.7 Å². The van der Waals surface area contributed by atoms with Crippen LogP contribution < -0.4 is 5.73 Å². The number of rotatable bonds is 2. The minimum Gasteiger partial charge on any atom is -0.398 e. The molecule has 0 spiro atoms. The number of para-hydroxylation sites is 1. The summed E-state index contributed by atoms with van der Waals surface area (Å²) in [6.45, 7) is 4.38. The lowest BCUT2D eigenvalue weighted by atomic mass is 9.97. The summed E-state index contributed by atoms with van der Waals surface area (Å²) in [4.78, 5) is 0. The lowest BCUT2D eigenvalue weighted by Crippen LogP contribution is -1.97. The molecule has 0 aliphatic rings. The van der Waals surface area contributed by atoms with Gasteiger partial charge in [-0.3, -0.25) is 0 Å². The molecule has 0 aromatic heterocycles. The second-order valence-electron chi connectivity index (χ2n) is 2.94. The Hall–Kier alpha value is -0.980.